The van der Waals surface area contributed by atoms with Gasteiger partial charge in [-0.05, 0) is 92.6 Å². The maximum absolute atomic E-state index is 14.8. The Hall–Kier alpha value is -2.96. The molecule has 2 aliphatic carbocycles. The maximum Gasteiger partial charge on any atom is 0.355 e. The molecule has 32 heavy (non-hydrogen) atoms. The Morgan fingerprint density at radius 2 is 1.81 bits per heavy atom. The van der Waals surface area contributed by atoms with Gasteiger partial charge in [-0.1, -0.05) is 12.1 Å². The number of hydrogen-bond donors (Lipinski definition) is 2. The summed E-state index contributed by atoms with van der Waals surface area (Å²) in [5, 5.41) is 11.9. The fraction of sp³-hybridized carbons (Fsp3) is 0.391. The molecular weight excluding hydrogens is 429 g/mol. The van der Waals surface area contributed by atoms with Gasteiger partial charge in [-0.3, -0.25) is 0 Å². The van der Waals surface area contributed by atoms with Crippen molar-refractivity contribution in [2.75, 3.05) is 19.4 Å². The Bertz CT molecular complexity index is 1210. The van der Waals surface area contributed by atoms with Crippen LogP contribution >= 0.6 is 0 Å². The van der Waals surface area contributed by atoms with Gasteiger partial charge in [-0.15, -0.1) is 4.36 Å². The smallest absolute Gasteiger partial charge is 0.305 e. The van der Waals surface area contributed by atoms with Gasteiger partial charge < -0.3 is 10.2 Å². The number of aryl methyl sites for hydroxylation is 2. The molecule has 7 nitrogen and oxygen atoms in total. The van der Waals surface area contributed by atoms with Gasteiger partial charge in [-0.25, -0.2) is 18.1 Å². The summed E-state index contributed by atoms with van der Waals surface area (Å²) in [6.45, 7) is 0.492. The lowest BCUT2D eigenvalue weighted by Crippen LogP contribution is -2.23. The minimum Gasteiger partial charge on any atom is -0.305 e. The van der Waals surface area contributed by atoms with E-state index < -0.39 is 21.8 Å². The number of hydrogen-bond acceptors (Lipinski definition) is 4. The highest BCUT2D eigenvalue weighted by Crippen LogP contribution is 2.38. The van der Waals surface area contributed by atoms with Gasteiger partial charge >= 0.3 is 6.03 Å². The first-order valence-electron chi connectivity index (χ1n) is 10.6. The van der Waals surface area contributed by atoms with Crippen LogP contribution in [0.2, 0.25) is 0 Å². The molecule has 0 spiro atoms. The molecule has 2 N–H and O–H groups in total. The van der Waals surface area contributed by atoms with Crippen molar-refractivity contribution in [1.82, 2.24) is 9.62 Å². The Balaban J connectivity index is 1.70. The van der Waals surface area contributed by atoms with E-state index in [9.17, 15) is 13.4 Å². The van der Waals surface area contributed by atoms with Gasteiger partial charge in [0.15, 0.2) is 16.1 Å². The molecule has 0 aliphatic heterocycles. The van der Waals surface area contributed by atoms with Crippen LogP contribution in [0, 0.1) is 17.3 Å². The highest BCUT2D eigenvalue weighted by Gasteiger charge is 2.26. The molecule has 1 atom stereocenters. The minimum absolute atomic E-state index is 0.319. The fourth-order valence-corrected chi connectivity index (χ4v) is 5.87. The summed E-state index contributed by atoms with van der Waals surface area (Å²) in [4.78, 5) is 14.4. The molecule has 4 rings (SSSR count). The Kier molecular flexibility index (Phi) is 6.17. The minimum atomic E-state index is -3.83. The summed E-state index contributed by atoms with van der Waals surface area (Å²) in [6.07, 6.45) is 7.28. The largest absolute Gasteiger partial charge is 0.355 e. The number of carbonyl (C=O) groups is 1. The van der Waals surface area contributed by atoms with Crippen molar-refractivity contribution in [1.29, 1.82) is 5.26 Å². The molecule has 0 bridgehead atoms. The number of nitrogens with one attached hydrogen (secondary N) is 2. The zero-order valence-electron chi connectivity index (χ0n) is 18.2. The first-order valence-corrected chi connectivity index (χ1v) is 12.2. The van der Waals surface area contributed by atoms with E-state index in [4.69, 9.17) is 5.26 Å². The third-order valence-corrected chi connectivity index (χ3v) is 7.61. The zero-order valence-corrected chi connectivity index (χ0v) is 19.0. The van der Waals surface area contributed by atoms with E-state index in [-0.39, 0.29) is 4.90 Å². The average Bonchev–Trinajstić information content (AvgIpc) is 3.36. The fourth-order valence-electron chi connectivity index (χ4n) is 4.63. The molecule has 0 aromatic heterocycles. The van der Waals surface area contributed by atoms with Crippen molar-refractivity contribution < 1.29 is 13.4 Å². The number of carbonyl (C=O) groups excluding carboxylic acids is 1. The van der Waals surface area contributed by atoms with Crippen LogP contribution in [0.25, 0.3) is 0 Å². The van der Waals surface area contributed by atoms with Gasteiger partial charge in [0.05, 0.1) is 0 Å². The first kappa shape index (κ1) is 22.2. The summed E-state index contributed by atoms with van der Waals surface area (Å²) in [5.41, 5.74) is 6.11. The summed E-state index contributed by atoms with van der Waals surface area (Å²) in [7, 11) is -0.128. The molecule has 9 heteroatoms. The summed E-state index contributed by atoms with van der Waals surface area (Å²) in [6, 6.07) is 5.56. The van der Waals surface area contributed by atoms with Crippen LogP contribution in [0.15, 0.2) is 33.5 Å². The number of anilines is 1. The van der Waals surface area contributed by atoms with Crippen LogP contribution in [0.3, 0.4) is 0 Å². The lowest BCUT2D eigenvalue weighted by Gasteiger charge is -2.16. The highest BCUT2D eigenvalue weighted by atomic mass is 32.2. The van der Waals surface area contributed by atoms with Crippen LogP contribution in [-0.2, 0) is 42.1 Å². The molecule has 0 heterocycles. The van der Waals surface area contributed by atoms with Crippen LogP contribution in [0.5, 0.6) is 0 Å². The van der Waals surface area contributed by atoms with E-state index in [1.165, 1.54) is 23.3 Å². The summed E-state index contributed by atoms with van der Waals surface area (Å²) in [5.74, 6) is -0.782. The van der Waals surface area contributed by atoms with Crippen molar-refractivity contribution >= 4 is 21.6 Å². The predicted octanol–water partition coefficient (Wildman–Crippen LogP) is 3.91. The lowest BCUT2D eigenvalue weighted by atomic mass is 9.99. The number of benzene rings is 2. The number of halogens is 1. The van der Waals surface area contributed by atoms with E-state index in [2.05, 4.69) is 20.5 Å². The van der Waals surface area contributed by atoms with E-state index in [1.807, 2.05) is 19.0 Å². The second-order valence-electron chi connectivity index (χ2n) is 8.50. The van der Waals surface area contributed by atoms with Gasteiger partial charge in [0.2, 0.25) is 0 Å². The highest BCUT2D eigenvalue weighted by molar-refractivity contribution is 7.92. The normalized spacial score (nSPS) is 16.1. The topological polar surface area (TPSA) is 97.6 Å². The molecule has 0 fully saturated rings. The van der Waals surface area contributed by atoms with E-state index in [1.54, 1.807) is 12.3 Å². The number of rotatable bonds is 5. The van der Waals surface area contributed by atoms with Crippen LogP contribution in [-0.4, -0.2) is 29.2 Å². The number of fused-ring (bicyclic) bond motifs is 2. The Labute approximate surface area is 187 Å². The molecule has 0 unspecified atom stereocenters. The molecule has 0 saturated heterocycles. The van der Waals surface area contributed by atoms with Crippen molar-refractivity contribution in [3.8, 4) is 6.19 Å². The number of nitrogens with zero attached hydrogens (tertiary/aromatic N) is 3. The van der Waals surface area contributed by atoms with Gasteiger partial charge in [0.25, 0.3) is 0 Å². The van der Waals surface area contributed by atoms with Crippen molar-refractivity contribution in [3.05, 3.63) is 57.9 Å². The van der Waals surface area contributed by atoms with Crippen LogP contribution in [0.1, 0.15) is 40.7 Å². The second kappa shape index (κ2) is 8.88. The standard InChI is InChI=1S/C23H26FN5O2S/c1-29(2)13-15-9-10-21(20(24)11-15)32(31,26-14-25)28-23(30)27-22-18-7-3-5-16(18)12-17-6-4-8-19(17)22/h9-12H,3-8,13H2,1-2H3,(H2,26,27,28,30,31)/t32-/m1/s1. The molecular formula is C23H26FN5O2S. The van der Waals surface area contributed by atoms with Gasteiger partial charge in [0.1, 0.15) is 10.7 Å². The maximum atomic E-state index is 14.8. The summed E-state index contributed by atoms with van der Waals surface area (Å²) < 4.78 is 34.0. The lowest BCUT2D eigenvalue weighted by molar-refractivity contribution is 0.260. The summed E-state index contributed by atoms with van der Waals surface area (Å²) >= 11 is 0. The average molecular weight is 456 g/mol. The van der Waals surface area contributed by atoms with Crippen molar-refractivity contribution in [3.63, 3.8) is 0 Å². The third kappa shape index (κ3) is 4.33. The molecule has 2 aromatic carbocycles. The second-order valence-corrected chi connectivity index (χ2v) is 10.4. The molecule has 0 radical (unpaired) electrons. The molecule has 2 amide bonds. The zero-order chi connectivity index (χ0) is 22.9. The number of nitriles is 1. The van der Waals surface area contributed by atoms with Gasteiger partial charge in [-0.2, -0.15) is 5.26 Å². The van der Waals surface area contributed by atoms with E-state index >= 15 is 0 Å². The number of amides is 2. The predicted molar refractivity (Wildman–Crippen MR) is 121 cm³/mol. The molecule has 2 aromatic rings. The monoisotopic (exact) mass is 455 g/mol. The SMILES string of the molecule is CN(C)Cc1ccc([S@](=O)(=NC(=O)Nc2c3c(cc4c2CCC4)CCC3)NC#N)c(F)c1. The Morgan fingerprint density at radius 3 is 2.38 bits per heavy atom. The van der Waals surface area contributed by atoms with E-state index in [0.29, 0.717) is 12.1 Å². The first-order chi connectivity index (χ1) is 15.3. The van der Waals surface area contributed by atoms with Crippen LogP contribution in [0.4, 0.5) is 14.9 Å². The van der Waals surface area contributed by atoms with E-state index in [0.717, 1.165) is 55.3 Å². The van der Waals surface area contributed by atoms with Crippen molar-refractivity contribution in [2.24, 2.45) is 4.36 Å². The third-order valence-electron chi connectivity index (χ3n) is 5.89. The van der Waals surface area contributed by atoms with Gasteiger partial charge in [0, 0.05) is 12.2 Å². The molecule has 168 valence electrons. The Morgan fingerprint density at radius 1 is 1.16 bits per heavy atom. The van der Waals surface area contributed by atoms with Crippen molar-refractivity contribution in [2.45, 2.75) is 50.0 Å². The molecule has 0 saturated carbocycles. The molecule has 2 aliphatic rings. The number of urea groups is 1. The van der Waals surface area contributed by atoms with Crippen LogP contribution < -0.4 is 10.0 Å². The quantitative estimate of drug-likeness (QED) is 0.528.